The fraction of sp³-hybridized carbons (Fsp3) is 1.00. The molecule has 0 radical (unpaired) electrons. The summed E-state index contributed by atoms with van der Waals surface area (Å²) in [5, 5.41) is 16.1. The third-order valence-electron chi connectivity index (χ3n) is 14.6. The number of hydrogen-bond acceptors (Lipinski definition) is 4. The first-order valence-electron chi connectivity index (χ1n) is 23.1. The smallest absolute Gasteiger partial charge is 0.197 e. The largest absolute Gasteiger partial charge is 0.431 e. The van der Waals surface area contributed by atoms with E-state index in [1.807, 2.05) is 0 Å². The van der Waals surface area contributed by atoms with Crippen LogP contribution in [0.5, 0.6) is 0 Å². The van der Waals surface area contributed by atoms with Crippen molar-refractivity contribution in [1.29, 1.82) is 0 Å². The van der Waals surface area contributed by atoms with E-state index in [1.54, 1.807) is 0 Å². The molecule has 51 heavy (non-hydrogen) atoms. The van der Waals surface area contributed by atoms with E-state index < -0.39 is 16.6 Å². The van der Waals surface area contributed by atoms with Gasteiger partial charge >= 0.3 is 0 Å². The summed E-state index contributed by atoms with van der Waals surface area (Å²) in [6, 6.07) is 0. The van der Waals surface area contributed by atoms with Crippen LogP contribution in [0.1, 0.15) is 232 Å². The third kappa shape index (κ3) is 15.6. The van der Waals surface area contributed by atoms with Crippen molar-refractivity contribution in [2.24, 2.45) is 0 Å². The van der Waals surface area contributed by atoms with Crippen LogP contribution in [0.2, 0.25) is 33.2 Å². The molecule has 0 aromatic rings. The van der Waals surface area contributed by atoms with Crippen molar-refractivity contribution in [3.63, 3.8) is 0 Å². The Kier molecular flexibility index (Phi) is 27.0. The van der Waals surface area contributed by atoms with Gasteiger partial charge in [-0.1, -0.05) is 219 Å². The van der Waals surface area contributed by atoms with E-state index in [1.165, 1.54) is 193 Å². The second kappa shape index (κ2) is 28.5. The molecule has 0 aromatic heterocycles. The van der Waals surface area contributed by atoms with Crippen LogP contribution in [-0.4, -0.2) is 49.7 Å². The summed E-state index contributed by atoms with van der Waals surface area (Å²) in [6.45, 7) is 4.79. The molecule has 0 unspecified atom stereocenters. The second-order valence-electron chi connectivity index (χ2n) is 17.9. The Morgan fingerprint density at radius 1 is 0.333 bits per heavy atom. The van der Waals surface area contributed by atoms with Crippen LogP contribution < -0.4 is 0 Å². The molecule has 0 spiro atoms. The maximum absolute atomic E-state index is 12.0. The minimum absolute atomic E-state index is 0. The summed E-state index contributed by atoms with van der Waals surface area (Å²) < 4.78 is 0. The van der Waals surface area contributed by atoms with Crippen molar-refractivity contribution in [3.8, 4) is 0 Å². The van der Waals surface area contributed by atoms with Gasteiger partial charge in [-0.3, -0.25) is 0 Å². The van der Waals surface area contributed by atoms with Crippen molar-refractivity contribution in [3.05, 3.63) is 0 Å². The molecule has 0 atom stereocenters. The number of rotatable bonds is 10. The monoisotopic (exact) mass is 827 g/mol. The van der Waals surface area contributed by atoms with Gasteiger partial charge in [0.2, 0.25) is 0 Å². The van der Waals surface area contributed by atoms with Crippen LogP contribution in [0.15, 0.2) is 0 Å². The number of aliphatic hydroxyl groups is 2. The van der Waals surface area contributed by atoms with Crippen molar-refractivity contribution in [2.75, 3.05) is 13.2 Å². The first-order chi connectivity index (χ1) is 24.5. The fourth-order valence-corrected chi connectivity index (χ4v) is 23.7. The van der Waals surface area contributed by atoms with Gasteiger partial charge in [-0.25, -0.2) is 0 Å². The molecule has 4 N–H and O–H groups in total. The van der Waals surface area contributed by atoms with Crippen molar-refractivity contribution in [1.82, 2.24) is 0 Å². The van der Waals surface area contributed by atoms with E-state index in [9.17, 15) is 9.59 Å². The molecule has 7 heteroatoms. The van der Waals surface area contributed by atoms with Crippen LogP contribution in [-0.2, 0) is 26.2 Å². The summed E-state index contributed by atoms with van der Waals surface area (Å²) in [6.07, 6.45) is 45.9. The Bertz CT molecular complexity index is 636. The van der Waals surface area contributed by atoms with E-state index in [0.717, 1.165) is 58.9 Å². The van der Waals surface area contributed by atoms with E-state index in [2.05, 4.69) is 13.8 Å². The normalized spacial score (nSPS) is 24.1. The molecular formula is C44H88O4Si2Zr. The van der Waals surface area contributed by atoms with Crippen molar-refractivity contribution in [2.45, 2.75) is 265 Å². The van der Waals surface area contributed by atoms with Crippen LogP contribution in [0.3, 0.4) is 0 Å². The topological polar surface area (TPSA) is 80.9 Å². The Hall–Kier alpha value is 1.16. The average Bonchev–Trinajstić information content (AvgIpc) is 3.20. The Balaban J connectivity index is 0.000000276. The van der Waals surface area contributed by atoms with Gasteiger partial charge < -0.3 is 19.8 Å². The average molecular weight is 829 g/mol. The maximum Gasteiger partial charge on any atom is 0.197 e. The summed E-state index contributed by atoms with van der Waals surface area (Å²) in [7, 11) is -4.09. The third-order valence-corrected chi connectivity index (χ3v) is 25.9. The van der Waals surface area contributed by atoms with E-state index in [4.69, 9.17) is 10.2 Å². The minimum Gasteiger partial charge on any atom is -0.431 e. The van der Waals surface area contributed by atoms with Gasteiger partial charge in [0.15, 0.2) is 16.6 Å². The van der Waals surface area contributed by atoms with Gasteiger partial charge in [0.1, 0.15) is 0 Å². The van der Waals surface area contributed by atoms with Gasteiger partial charge in [-0.15, -0.1) is 0 Å². The Morgan fingerprint density at radius 3 is 0.588 bits per heavy atom. The molecule has 6 rings (SSSR count). The maximum atomic E-state index is 12.0. The Labute approximate surface area is 339 Å². The van der Waals surface area contributed by atoms with Gasteiger partial charge in [0, 0.05) is 39.4 Å². The predicted molar refractivity (Wildman–Crippen MR) is 221 cm³/mol. The zero-order valence-electron chi connectivity index (χ0n) is 34.2. The minimum atomic E-state index is -2.05. The molecule has 300 valence electrons. The summed E-state index contributed by atoms with van der Waals surface area (Å²) in [5.41, 5.74) is 4.60. The molecule has 0 amide bonds. The quantitative estimate of drug-likeness (QED) is 0.165. The summed E-state index contributed by atoms with van der Waals surface area (Å²) >= 11 is 0. The van der Waals surface area contributed by atoms with Crippen molar-refractivity contribution >= 4 is 16.6 Å². The molecule has 0 heterocycles. The van der Waals surface area contributed by atoms with Crippen LogP contribution in [0, 0.1) is 0 Å². The molecule has 6 aliphatic carbocycles. The fourth-order valence-electron chi connectivity index (χ4n) is 11.7. The SMILES string of the molecule is CCCCO.CCCCO.O[Si](C1CCCCC1)(C1CCCCC1)C1CCCCC1.O[Si](C1CCCCC1)(C1CCCCC1)C1CCCCC1.[Zr]. The predicted octanol–water partition coefficient (Wildman–Crippen LogP) is 13.4. The molecule has 6 saturated carbocycles. The standard InChI is InChI=1S/2C18H34OSi.2C4H10O.Zr/c2*19-20(16-10-4-1-5-11-16,17-12-6-2-7-13-17)18-14-8-3-9-15-18;2*1-2-3-4-5;/h2*16-19H,1-15H2;2*5H,2-4H2,1H3;. The van der Waals surface area contributed by atoms with Crippen molar-refractivity contribution < 1.29 is 46.0 Å². The molecule has 4 nitrogen and oxygen atoms in total. The second-order valence-corrected chi connectivity index (χ2v) is 26.4. The van der Waals surface area contributed by atoms with Gasteiger partial charge in [0.25, 0.3) is 0 Å². The first kappa shape index (κ1) is 48.3. The molecule has 6 fully saturated rings. The van der Waals surface area contributed by atoms with E-state index in [-0.39, 0.29) is 26.2 Å². The zero-order valence-corrected chi connectivity index (χ0v) is 38.7. The van der Waals surface area contributed by atoms with Gasteiger partial charge in [0.05, 0.1) is 0 Å². The van der Waals surface area contributed by atoms with Crippen LogP contribution in [0.4, 0.5) is 0 Å². The molecule has 0 aromatic carbocycles. The number of unbranched alkanes of at least 4 members (excludes halogenated alkanes) is 2. The summed E-state index contributed by atoms with van der Waals surface area (Å²) in [4.78, 5) is 24.0. The Morgan fingerprint density at radius 2 is 0.490 bits per heavy atom. The molecular weight excluding hydrogens is 740 g/mol. The summed E-state index contributed by atoms with van der Waals surface area (Å²) in [5.74, 6) is 0. The van der Waals surface area contributed by atoms with Gasteiger partial charge in [-0.05, 0) is 46.1 Å². The molecule has 6 aliphatic rings. The van der Waals surface area contributed by atoms with Gasteiger partial charge in [-0.2, -0.15) is 0 Å². The van der Waals surface area contributed by atoms with Crippen LogP contribution >= 0.6 is 0 Å². The molecule has 0 saturated heterocycles. The number of aliphatic hydroxyl groups excluding tert-OH is 2. The van der Waals surface area contributed by atoms with E-state index >= 15 is 0 Å². The zero-order chi connectivity index (χ0) is 35.9. The first-order valence-corrected chi connectivity index (χ1v) is 27.5. The van der Waals surface area contributed by atoms with Crippen LogP contribution in [0.25, 0.3) is 0 Å². The molecule has 0 bridgehead atoms. The van der Waals surface area contributed by atoms with E-state index in [0.29, 0.717) is 13.2 Å². The number of hydrogen-bond donors (Lipinski definition) is 4. The molecule has 0 aliphatic heterocycles.